The summed E-state index contributed by atoms with van der Waals surface area (Å²) >= 11 is 0. The number of hydrogen-bond donors (Lipinski definition) is 0. The standard InChI is InChI=1S/C12H17/c1-2-4-6-8-10-12-11-9-7-5-3-1/h1-2,5,7,12H,3-4,6,8-10H2. The van der Waals surface area contributed by atoms with E-state index in [1.54, 1.807) is 0 Å². The molecule has 1 aliphatic rings. The smallest absolute Gasteiger partial charge is 0.00978 e. The maximum absolute atomic E-state index is 3.27. The lowest BCUT2D eigenvalue weighted by Crippen LogP contribution is -1.74. The highest BCUT2D eigenvalue weighted by molar-refractivity contribution is 4.95. The summed E-state index contributed by atoms with van der Waals surface area (Å²) in [4.78, 5) is 0. The molecule has 0 spiro atoms. The maximum atomic E-state index is 3.27. The van der Waals surface area contributed by atoms with E-state index in [4.69, 9.17) is 0 Å². The van der Waals surface area contributed by atoms with Crippen LogP contribution >= 0.6 is 0 Å². The van der Waals surface area contributed by atoms with Crippen molar-refractivity contribution >= 4 is 0 Å². The summed E-state index contributed by atoms with van der Waals surface area (Å²) in [7, 11) is 0. The van der Waals surface area contributed by atoms with Crippen LogP contribution in [-0.4, -0.2) is 0 Å². The summed E-state index contributed by atoms with van der Waals surface area (Å²) in [5.41, 5.74) is 0. The topological polar surface area (TPSA) is 0 Å². The summed E-state index contributed by atoms with van der Waals surface area (Å²) in [6, 6.07) is 0. The lowest BCUT2D eigenvalue weighted by Gasteiger charge is -1.93. The lowest BCUT2D eigenvalue weighted by atomic mass is 10.1. The fourth-order valence-electron chi connectivity index (χ4n) is 1.23. The van der Waals surface area contributed by atoms with Crippen molar-refractivity contribution in [1.82, 2.24) is 0 Å². The molecule has 0 aromatic rings. The maximum Gasteiger partial charge on any atom is -0.00978 e. The van der Waals surface area contributed by atoms with Gasteiger partial charge in [-0.15, -0.1) is 0 Å². The summed E-state index contributed by atoms with van der Waals surface area (Å²) in [6.45, 7) is 0. The van der Waals surface area contributed by atoms with Gasteiger partial charge in [-0.1, -0.05) is 30.4 Å². The Morgan fingerprint density at radius 3 is 2.67 bits per heavy atom. The second-order valence-corrected chi connectivity index (χ2v) is 3.08. The Hall–Kier alpha value is -0.780. The average Bonchev–Trinajstić information content (AvgIpc) is 2.05. The van der Waals surface area contributed by atoms with Gasteiger partial charge in [0.15, 0.2) is 0 Å². The third-order valence-electron chi connectivity index (χ3n) is 1.95. The highest BCUT2D eigenvalue weighted by Gasteiger charge is 1.84. The van der Waals surface area contributed by atoms with Gasteiger partial charge in [0.1, 0.15) is 0 Å². The lowest BCUT2D eigenvalue weighted by molar-refractivity contribution is 0.759. The number of hydrogen-bond acceptors (Lipinski definition) is 0. The average molecular weight is 161 g/mol. The summed E-state index contributed by atoms with van der Waals surface area (Å²) in [5, 5.41) is 0. The first-order chi connectivity index (χ1) is 6.00. The van der Waals surface area contributed by atoms with Crippen LogP contribution < -0.4 is 0 Å². The monoisotopic (exact) mass is 161 g/mol. The van der Waals surface area contributed by atoms with Crippen molar-refractivity contribution in [1.29, 1.82) is 0 Å². The Kier molecular flexibility index (Phi) is 5.35. The van der Waals surface area contributed by atoms with Gasteiger partial charge < -0.3 is 0 Å². The van der Waals surface area contributed by atoms with Crippen LogP contribution in [0.5, 0.6) is 0 Å². The van der Waals surface area contributed by atoms with Gasteiger partial charge in [-0.25, -0.2) is 0 Å². The van der Waals surface area contributed by atoms with Gasteiger partial charge in [0.05, 0.1) is 0 Å². The Bertz CT molecular complexity index is 152. The van der Waals surface area contributed by atoms with E-state index < -0.39 is 0 Å². The Morgan fingerprint density at radius 1 is 0.833 bits per heavy atom. The summed E-state index contributed by atoms with van der Waals surface area (Å²) in [5.74, 6) is 0. The molecule has 0 nitrogen and oxygen atoms in total. The largest absolute Gasteiger partial charge is 0.0882 e. The van der Waals surface area contributed by atoms with E-state index in [-0.39, 0.29) is 0 Å². The second-order valence-electron chi connectivity index (χ2n) is 3.08. The molecule has 0 saturated heterocycles. The molecule has 0 fully saturated rings. The van der Waals surface area contributed by atoms with Crippen molar-refractivity contribution in [2.75, 3.05) is 0 Å². The SMILES string of the molecule is [C]1=CCCCCC=CCC=CC1. The molecule has 0 atom stereocenters. The molecule has 0 amide bonds. The normalized spacial score (nSPS) is 20.0. The molecule has 0 heterocycles. The fourth-order valence-corrected chi connectivity index (χ4v) is 1.23. The second kappa shape index (κ2) is 6.90. The van der Waals surface area contributed by atoms with Crippen LogP contribution in [0, 0.1) is 6.08 Å². The first-order valence-corrected chi connectivity index (χ1v) is 4.85. The highest BCUT2D eigenvalue weighted by atomic mass is 13.9. The quantitative estimate of drug-likeness (QED) is 0.474. The van der Waals surface area contributed by atoms with Gasteiger partial charge in [0, 0.05) is 0 Å². The van der Waals surface area contributed by atoms with Gasteiger partial charge in [0.25, 0.3) is 0 Å². The van der Waals surface area contributed by atoms with Crippen LogP contribution in [0.3, 0.4) is 0 Å². The molecule has 1 aliphatic carbocycles. The fraction of sp³-hybridized carbons (Fsp3) is 0.500. The molecule has 65 valence electrons. The van der Waals surface area contributed by atoms with E-state index in [0.717, 1.165) is 12.8 Å². The molecule has 1 rings (SSSR count). The number of rotatable bonds is 0. The zero-order valence-electron chi connectivity index (χ0n) is 7.63. The molecule has 0 unspecified atom stereocenters. The first kappa shape index (κ1) is 9.31. The highest BCUT2D eigenvalue weighted by Crippen LogP contribution is 2.03. The van der Waals surface area contributed by atoms with Crippen molar-refractivity contribution in [2.24, 2.45) is 0 Å². The molecule has 0 N–H and O–H groups in total. The van der Waals surface area contributed by atoms with Crippen LogP contribution in [0.1, 0.15) is 38.5 Å². The Balaban J connectivity index is 2.31. The molecule has 0 saturated carbocycles. The van der Waals surface area contributed by atoms with Crippen LogP contribution in [-0.2, 0) is 0 Å². The van der Waals surface area contributed by atoms with Crippen molar-refractivity contribution in [3.63, 3.8) is 0 Å². The molecule has 0 aromatic carbocycles. The van der Waals surface area contributed by atoms with E-state index in [1.165, 1.54) is 25.7 Å². The van der Waals surface area contributed by atoms with E-state index >= 15 is 0 Å². The van der Waals surface area contributed by atoms with Gasteiger partial charge in [0.2, 0.25) is 0 Å². The van der Waals surface area contributed by atoms with Gasteiger partial charge in [-0.2, -0.15) is 0 Å². The van der Waals surface area contributed by atoms with E-state index in [2.05, 4.69) is 36.5 Å². The predicted octanol–water partition coefficient (Wildman–Crippen LogP) is 3.81. The Morgan fingerprint density at radius 2 is 1.67 bits per heavy atom. The van der Waals surface area contributed by atoms with E-state index in [1.807, 2.05) is 0 Å². The summed E-state index contributed by atoms with van der Waals surface area (Å²) < 4.78 is 0. The minimum atomic E-state index is 0.980. The molecule has 0 aromatic heterocycles. The van der Waals surface area contributed by atoms with Crippen LogP contribution in [0.15, 0.2) is 30.4 Å². The minimum absolute atomic E-state index is 0.980. The van der Waals surface area contributed by atoms with Gasteiger partial charge >= 0.3 is 0 Å². The van der Waals surface area contributed by atoms with Gasteiger partial charge in [-0.3, -0.25) is 0 Å². The zero-order valence-corrected chi connectivity index (χ0v) is 7.63. The molecular weight excluding hydrogens is 144 g/mol. The van der Waals surface area contributed by atoms with Gasteiger partial charge in [-0.05, 0) is 44.6 Å². The molecule has 0 aliphatic heterocycles. The minimum Gasteiger partial charge on any atom is -0.0882 e. The van der Waals surface area contributed by atoms with Crippen molar-refractivity contribution in [3.8, 4) is 0 Å². The molecule has 12 heavy (non-hydrogen) atoms. The number of allylic oxidation sites excluding steroid dienone is 6. The summed E-state index contributed by atoms with van der Waals surface area (Å²) in [6.07, 6.45) is 21.5. The van der Waals surface area contributed by atoms with Crippen LogP contribution in [0.4, 0.5) is 0 Å². The third-order valence-corrected chi connectivity index (χ3v) is 1.95. The molecule has 0 heteroatoms. The van der Waals surface area contributed by atoms with E-state index in [0.29, 0.717) is 0 Å². The predicted molar refractivity (Wildman–Crippen MR) is 53.8 cm³/mol. The van der Waals surface area contributed by atoms with E-state index in [9.17, 15) is 0 Å². The van der Waals surface area contributed by atoms with Crippen molar-refractivity contribution in [3.05, 3.63) is 36.5 Å². The molecule has 0 bridgehead atoms. The Labute approximate surface area is 75.7 Å². The first-order valence-electron chi connectivity index (χ1n) is 4.85. The molecular formula is C12H17. The van der Waals surface area contributed by atoms with Crippen LogP contribution in [0.25, 0.3) is 0 Å². The third kappa shape index (κ3) is 4.95. The van der Waals surface area contributed by atoms with Crippen LogP contribution in [0.2, 0.25) is 0 Å². The van der Waals surface area contributed by atoms with Crippen molar-refractivity contribution in [2.45, 2.75) is 38.5 Å². The molecule has 1 radical (unpaired) electrons. The van der Waals surface area contributed by atoms with Crippen molar-refractivity contribution < 1.29 is 0 Å². The zero-order chi connectivity index (χ0) is 8.49.